The molecule has 8 nitrogen and oxygen atoms in total. The van der Waals surface area contributed by atoms with Gasteiger partial charge in [-0.3, -0.25) is 20.2 Å². The standard InChI is InChI=1S/C9H10N2O6/c12-5-9(13)3-6-1-7(10(14)15)4-8(2-6)11(16)17/h1-2,4,9,12-13H,3,5H2. The van der Waals surface area contributed by atoms with E-state index in [0.29, 0.717) is 0 Å². The summed E-state index contributed by atoms with van der Waals surface area (Å²) in [6.45, 7) is -0.517. The number of rotatable bonds is 5. The molecule has 2 N–H and O–H groups in total. The highest BCUT2D eigenvalue weighted by Crippen LogP contribution is 2.23. The summed E-state index contributed by atoms with van der Waals surface area (Å²) in [5.74, 6) is 0. The molecule has 0 aliphatic rings. The van der Waals surface area contributed by atoms with Crippen molar-refractivity contribution in [1.82, 2.24) is 0 Å². The van der Waals surface area contributed by atoms with Gasteiger partial charge in [-0.25, -0.2) is 0 Å². The van der Waals surface area contributed by atoms with Gasteiger partial charge in [0.2, 0.25) is 0 Å². The van der Waals surface area contributed by atoms with Gasteiger partial charge >= 0.3 is 0 Å². The summed E-state index contributed by atoms with van der Waals surface area (Å²) in [5.41, 5.74) is -0.605. The van der Waals surface area contributed by atoms with E-state index in [1.165, 1.54) is 0 Å². The first-order chi connectivity index (χ1) is 7.93. The molecule has 0 saturated heterocycles. The third-order valence-corrected chi connectivity index (χ3v) is 2.07. The maximum Gasteiger partial charge on any atom is 0.276 e. The minimum absolute atomic E-state index is 0.0843. The number of nitro groups is 2. The van der Waals surface area contributed by atoms with E-state index >= 15 is 0 Å². The van der Waals surface area contributed by atoms with E-state index in [1.54, 1.807) is 0 Å². The van der Waals surface area contributed by atoms with Gasteiger partial charge in [0, 0.05) is 18.6 Å². The molecule has 1 unspecified atom stereocenters. The van der Waals surface area contributed by atoms with Crippen molar-refractivity contribution in [2.75, 3.05) is 6.61 Å². The van der Waals surface area contributed by atoms with Crippen LogP contribution in [0.4, 0.5) is 11.4 Å². The fourth-order valence-electron chi connectivity index (χ4n) is 1.32. The summed E-state index contributed by atoms with van der Waals surface area (Å²) in [6, 6.07) is 3.10. The van der Waals surface area contributed by atoms with Gasteiger partial charge in [-0.15, -0.1) is 0 Å². The summed E-state index contributed by atoms with van der Waals surface area (Å²) < 4.78 is 0. The van der Waals surface area contributed by atoms with Gasteiger partial charge in [0.05, 0.1) is 28.6 Å². The van der Waals surface area contributed by atoms with Gasteiger partial charge in [-0.05, 0) is 5.56 Å². The molecule has 1 rings (SSSR count). The Labute approximate surface area is 95.4 Å². The smallest absolute Gasteiger partial charge is 0.276 e. The van der Waals surface area contributed by atoms with E-state index in [9.17, 15) is 25.3 Å². The van der Waals surface area contributed by atoms with Crippen molar-refractivity contribution in [1.29, 1.82) is 0 Å². The fourth-order valence-corrected chi connectivity index (χ4v) is 1.32. The summed E-state index contributed by atoms with van der Waals surface area (Å²) in [5, 5.41) is 38.9. The Morgan fingerprint density at radius 2 is 1.59 bits per heavy atom. The minimum atomic E-state index is -1.10. The summed E-state index contributed by atoms with van der Waals surface area (Å²) >= 11 is 0. The van der Waals surface area contributed by atoms with Gasteiger partial charge < -0.3 is 10.2 Å². The number of hydrogen-bond acceptors (Lipinski definition) is 6. The van der Waals surface area contributed by atoms with E-state index in [2.05, 4.69) is 0 Å². The fraction of sp³-hybridized carbons (Fsp3) is 0.333. The molecule has 92 valence electrons. The van der Waals surface area contributed by atoms with E-state index in [0.717, 1.165) is 18.2 Å². The second-order valence-electron chi connectivity index (χ2n) is 3.41. The number of nitro benzene ring substituents is 2. The lowest BCUT2D eigenvalue weighted by Crippen LogP contribution is -2.15. The summed E-state index contributed by atoms with van der Waals surface area (Å²) in [7, 11) is 0. The molecule has 17 heavy (non-hydrogen) atoms. The molecule has 0 aromatic heterocycles. The van der Waals surface area contributed by atoms with Crippen LogP contribution in [0.15, 0.2) is 18.2 Å². The van der Waals surface area contributed by atoms with Gasteiger partial charge in [0.15, 0.2) is 0 Å². The van der Waals surface area contributed by atoms with Crippen LogP contribution in [0.25, 0.3) is 0 Å². The van der Waals surface area contributed by atoms with Crippen molar-refractivity contribution < 1.29 is 20.1 Å². The molecular weight excluding hydrogens is 232 g/mol. The normalized spacial score (nSPS) is 12.1. The average Bonchev–Trinajstić information content (AvgIpc) is 2.28. The van der Waals surface area contributed by atoms with Crippen molar-refractivity contribution in [2.24, 2.45) is 0 Å². The number of non-ortho nitro benzene ring substituents is 2. The molecule has 0 heterocycles. The van der Waals surface area contributed by atoms with E-state index in [1.807, 2.05) is 0 Å². The molecule has 8 heteroatoms. The van der Waals surface area contributed by atoms with Crippen LogP contribution in [-0.2, 0) is 6.42 Å². The van der Waals surface area contributed by atoms with Crippen LogP contribution < -0.4 is 0 Å². The lowest BCUT2D eigenvalue weighted by molar-refractivity contribution is -0.394. The third-order valence-electron chi connectivity index (χ3n) is 2.07. The van der Waals surface area contributed by atoms with Crippen molar-refractivity contribution in [3.8, 4) is 0 Å². The van der Waals surface area contributed by atoms with Crippen LogP contribution in [-0.4, -0.2) is 32.8 Å². The van der Waals surface area contributed by atoms with Gasteiger partial charge in [0.25, 0.3) is 11.4 Å². The molecule has 0 fully saturated rings. The van der Waals surface area contributed by atoms with Gasteiger partial charge in [-0.1, -0.05) is 0 Å². The van der Waals surface area contributed by atoms with Crippen molar-refractivity contribution >= 4 is 11.4 Å². The predicted molar refractivity (Wildman–Crippen MR) is 56.5 cm³/mol. The van der Waals surface area contributed by atoms with Crippen molar-refractivity contribution in [2.45, 2.75) is 12.5 Å². The maximum absolute atomic E-state index is 10.6. The molecule has 0 aliphatic carbocycles. The summed E-state index contributed by atoms with van der Waals surface area (Å²) in [6.07, 6.45) is -1.18. The van der Waals surface area contributed by atoms with Crippen LogP contribution in [0.5, 0.6) is 0 Å². The molecule has 0 spiro atoms. The Morgan fingerprint density at radius 1 is 1.12 bits per heavy atom. The Hall–Kier alpha value is -2.06. The number of aliphatic hydroxyl groups excluding tert-OH is 2. The molecule has 1 atom stereocenters. The first kappa shape index (κ1) is 13.0. The molecule has 0 radical (unpaired) electrons. The van der Waals surface area contributed by atoms with Gasteiger partial charge in [0.1, 0.15) is 0 Å². The van der Waals surface area contributed by atoms with Gasteiger partial charge in [-0.2, -0.15) is 0 Å². The maximum atomic E-state index is 10.6. The molecule has 1 aromatic rings. The number of aliphatic hydroxyl groups is 2. The lowest BCUT2D eigenvalue weighted by atomic mass is 10.1. The second kappa shape index (κ2) is 5.32. The Kier molecular flexibility index (Phi) is 4.07. The average molecular weight is 242 g/mol. The topological polar surface area (TPSA) is 127 Å². The Morgan fingerprint density at radius 3 is 1.94 bits per heavy atom. The highest BCUT2D eigenvalue weighted by Gasteiger charge is 2.17. The SMILES string of the molecule is O=[N+]([O-])c1cc(CC(O)CO)cc([N+](=O)[O-])c1. The Balaban J connectivity index is 3.12. The third kappa shape index (κ3) is 3.47. The van der Waals surface area contributed by atoms with E-state index in [4.69, 9.17) is 5.11 Å². The van der Waals surface area contributed by atoms with Crippen LogP contribution in [0, 0.1) is 20.2 Å². The van der Waals surface area contributed by atoms with E-state index < -0.39 is 33.9 Å². The zero-order valence-electron chi connectivity index (χ0n) is 8.65. The number of hydrogen-bond donors (Lipinski definition) is 2. The van der Waals surface area contributed by atoms with E-state index in [-0.39, 0.29) is 12.0 Å². The highest BCUT2D eigenvalue weighted by molar-refractivity contribution is 5.46. The minimum Gasteiger partial charge on any atom is -0.394 e. The highest BCUT2D eigenvalue weighted by atomic mass is 16.6. The molecule has 0 amide bonds. The second-order valence-corrected chi connectivity index (χ2v) is 3.41. The van der Waals surface area contributed by atoms with Crippen LogP contribution >= 0.6 is 0 Å². The first-order valence-electron chi connectivity index (χ1n) is 4.65. The zero-order valence-corrected chi connectivity index (χ0v) is 8.65. The van der Waals surface area contributed by atoms with Crippen LogP contribution in [0.3, 0.4) is 0 Å². The molecule has 1 aromatic carbocycles. The monoisotopic (exact) mass is 242 g/mol. The number of benzene rings is 1. The first-order valence-corrected chi connectivity index (χ1v) is 4.65. The van der Waals surface area contributed by atoms with Crippen LogP contribution in [0.2, 0.25) is 0 Å². The molecule has 0 bridgehead atoms. The molecule has 0 aliphatic heterocycles. The quantitative estimate of drug-likeness (QED) is 0.568. The zero-order chi connectivity index (χ0) is 13.0. The predicted octanol–water partition coefficient (Wildman–Crippen LogP) is 0.399. The molecular formula is C9H10N2O6. The van der Waals surface area contributed by atoms with Crippen molar-refractivity contribution in [3.63, 3.8) is 0 Å². The Bertz CT molecular complexity index is 415. The largest absolute Gasteiger partial charge is 0.394 e. The molecule has 0 saturated carbocycles. The number of nitrogens with zero attached hydrogens (tertiary/aromatic N) is 2. The lowest BCUT2D eigenvalue weighted by Gasteiger charge is -2.06. The van der Waals surface area contributed by atoms with Crippen molar-refractivity contribution in [3.05, 3.63) is 44.0 Å². The summed E-state index contributed by atoms with van der Waals surface area (Å²) in [4.78, 5) is 19.6. The van der Waals surface area contributed by atoms with Crippen LogP contribution in [0.1, 0.15) is 5.56 Å².